The summed E-state index contributed by atoms with van der Waals surface area (Å²) in [6.45, 7) is 3.21. The van der Waals surface area contributed by atoms with Crippen LogP contribution < -0.4 is 21.7 Å². The summed E-state index contributed by atoms with van der Waals surface area (Å²) in [6, 6.07) is -3.00. The van der Waals surface area contributed by atoms with Gasteiger partial charge in [0.25, 0.3) is 0 Å². The lowest BCUT2D eigenvalue weighted by atomic mass is 9.98. The summed E-state index contributed by atoms with van der Waals surface area (Å²) in [4.78, 5) is 54.4. The molecule has 4 unspecified atom stereocenters. The van der Waals surface area contributed by atoms with Gasteiger partial charge >= 0.3 is 5.97 Å². The van der Waals surface area contributed by atoms with Gasteiger partial charge in [0, 0.05) is 24.1 Å². The number of amides is 3. The number of rotatable bonds is 12. The van der Waals surface area contributed by atoms with Crippen molar-refractivity contribution >= 4 is 36.3 Å². The fourth-order valence-electron chi connectivity index (χ4n) is 2.40. The summed E-state index contributed by atoms with van der Waals surface area (Å²) in [5.74, 6) is -3.32. The minimum absolute atomic E-state index is 0.0908. The largest absolute Gasteiger partial charge is 0.480 e. The third-order valence-electron chi connectivity index (χ3n) is 4.36. The number of aliphatic carboxylic acids is 1. The Morgan fingerprint density at radius 1 is 1.28 bits per heavy atom. The zero-order chi connectivity index (χ0) is 22.0. The number of nitrogens with one attached hydrogen (secondary N) is 4. The number of aromatic amines is 1. The standard InChI is InChI=1S/C17H28N6O5S/c1-3-9(2)14(16(26)22-12(7-29)17(27)28)23-13(24)6-20-15(25)11(18)4-10-5-19-8-21-10/h5,8-9,11-12,14,29H,3-4,6-7,18H2,1-2H3,(H,19,21)(H,20,25)(H,22,26)(H,23,24)(H,27,28). The third kappa shape index (κ3) is 8.11. The molecule has 0 aliphatic carbocycles. The Morgan fingerprint density at radius 3 is 2.48 bits per heavy atom. The molecule has 1 heterocycles. The highest BCUT2D eigenvalue weighted by Crippen LogP contribution is 2.08. The predicted octanol–water partition coefficient (Wildman–Crippen LogP) is -1.57. The predicted molar refractivity (Wildman–Crippen MR) is 108 cm³/mol. The number of aromatic nitrogens is 2. The van der Waals surface area contributed by atoms with Gasteiger partial charge in [-0.15, -0.1) is 0 Å². The quantitative estimate of drug-likeness (QED) is 0.196. The maximum atomic E-state index is 12.4. The smallest absolute Gasteiger partial charge is 0.327 e. The molecule has 1 rings (SSSR count). The van der Waals surface area contributed by atoms with Gasteiger partial charge in [0.1, 0.15) is 12.1 Å². The van der Waals surface area contributed by atoms with Crippen LogP contribution in [-0.2, 0) is 25.6 Å². The average molecular weight is 429 g/mol. The summed E-state index contributed by atoms with van der Waals surface area (Å²) in [6.07, 6.45) is 3.81. The molecular weight excluding hydrogens is 400 g/mol. The van der Waals surface area contributed by atoms with E-state index in [2.05, 4.69) is 38.5 Å². The highest BCUT2D eigenvalue weighted by atomic mass is 32.1. The first kappa shape index (κ1) is 24.4. The van der Waals surface area contributed by atoms with Crippen LogP contribution >= 0.6 is 12.6 Å². The molecule has 0 bridgehead atoms. The number of carboxylic acids is 1. The molecule has 1 aromatic rings. The lowest BCUT2D eigenvalue weighted by molar-refractivity contribution is -0.141. The molecule has 0 radical (unpaired) electrons. The van der Waals surface area contributed by atoms with Crippen molar-refractivity contribution in [2.75, 3.05) is 12.3 Å². The van der Waals surface area contributed by atoms with Crippen LogP contribution in [0.1, 0.15) is 26.0 Å². The molecule has 0 aliphatic heterocycles. The van der Waals surface area contributed by atoms with Gasteiger partial charge in [-0.25, -0.2) is 9.78 Å². The second kappa shape index (κ2) is 12.1. The molecule has 0 saturated heterocycles. The maximum Gasteiger partial charge on any atom is 0.327 e. The second-order valence-electron chi connectivity index (χ2n) is 6.62. The van der Waals surface area contributed by atoms with Gasteiger partial charge in [0.15, 0.2) is 0 Å². The summed E-state index contributed by atoms with van der Waals surface area (Å²) in [5.41, 5.74) is 6.48. The Balaban J connectivity index is 2.60. The van der Waals surface area contributed by atoms with E-state index in [0.717, 1.165) is 0 Å². The van der Waals surface area contributed by atoms with Crippen molar-refractivity contribution in [1.82, 2.24) is 25.9 Å². The second-order valence-corrected chi connectivity index (χ2v) is 6.98. The first-order chi connectivity index (χ1) is 13.7. The molecule has 0 saturated carbocycles. The molecule has 11 nitrogen and oxygen atoms in total. The van der Waals surface area contributed by atoms with Gasteiger partial charge in [0.2, 0.25) is 17.7 Å². The maximum absolute atomic E-state index is 12.4. The highest BCUT2D eigenvalue weighted by Gasteiger charge is 2.29. The van der Waals surface area contributed by atoms with Crippen LogP contribution in [0.3, 0.4) is 0 Å². The van der Waals surface area contributed by atoms with Crippen LogP contribution in [0.25, 0.3) is 0 Å². The van der Waals surface area contributed by atoms with Gasteiger partial charge in [-0.3, -0.25) is 14.4 Å². The van der Waals surface area contributed by atoms with E-state index in [1.54, 1.807) is 13.1 Å². The van der Waals surface area contributed by atoms with Crippen LogP contribution in [0, 0.1) is 5.92 Å². The van der Waals surface area contributed by atoms with E-state index in [0.29, 0.717) is 12.1 Å². The number of imidazole rings is 1. The number of carbonyl (C=O) groups is 4. The number of hydrogen-bond donors (Lipinski definition) is 7. The Labute approximate surface area is 174 Å². The zero-order valence-electron chi connectivity index (χ0n) is 16.3. The van der Waals surface area contributed by atoms with Crippen molar-refractivity contribution in [2.24, 2.45) is 11.7 Å². The lowest BCUT2D eigenvalue weighted by Crippen LogP contribution is -2.56. The number of nitrogens with zero attached hydrogens (tertiary/aromatic N) is 1. The van der Waals surface area contributed by atoms with E-state index in [9.17, 15) is 19.2 Å². The monoisotopic (exact) mass is 428 g/mol. The Bertz CT molecular complexity index is 698. The van der Waals surface area contributed by atoms with Crippen LogP contribution in [0.4, 0.5) is 0 Å². The molecular formula is C17H28N6O5S. The average Bonchev–Trinajstić information content (AvgIpc) is 3.20. The zero-order valence-corrected chi connectivity index (χ0v) is 17.2. The first-order valence-corrected chi connectivity index (χ1v) is 9.76. The number of H-pyrrole nitrogens is 1. The number of carbonyl (C=O) groups excluding carboxylic acids is 3. The van der Waals surface area contributed by atoms with Gasteiger partial charge in [-0.2, -0.15) is 12.6 Å². The Morgan fingerprint density at radius 2 is 1.97 bits per heavy atom. The van der Waals surface area contributed by atoms with Crippen molar-refractivity contribution in [1.29, 1.82) is 0 Å². The van der Waals surface area contributed by atoms with E-state index in [-0.39, 0.29) is 24.6 Å². The van der Waals surface area contributed by atoms with Crippen molar-refractivity contribution in [3.05, 3.63) is 18.2 Å². The van der Waals surface area contributed by atoms with Crippen molar-refractivity contribution in [2.45, 2.75) is 44.8 Å². The lowest BCUT2D eigenvalue weighted by Gasteiger charge is -2.25. The topological polar surface area (TPSA) is 179 Å². The molecule has 29 heavy (non-hydrogen) atoms. The molecule has 0 fully saturated rings. The molecule has 0 aromatic carbocycles. The molecule has 1 aromatic heterocycles. The van der Waals surface area contributed by atoms with Crippen LogP contribution in [-0.4, -0.2) is 69.2 Å². The number of nitrogens with two attached hydrogens (primary N) is 1. The van der Waals surface area contributed by atoms with Crippen LogP contribution in [0.5, 0.6) is 0 Å². The van der Waals surface area contributed by atoms with Crippen LogP contribution in [0.2, 0.25) is 0 Å². The Kier molecular flexibility index (Phi) is 10.2. The van der Waals surface area contributed by atoms with E-state index < -0.39 is 41.8 Å². The number of hydrogen-bond acceptors (Lipinski definition) is 7. The summed E-state index contributed by atoms with van der Waals surface area (Å²) < 4.78 is 0. The van der Waals surface area contributed by atoms with E-state index in [1.807, 2.05) is 6.92 Å². The molecule has 0 spiro atoms. The number of thiol groups is 1. The molecule has 7 N–H and O–H groups in total. The molecule has 162 valence electrons. The molecule has 4 atom stereocenters. The van der Waals surface area contributed by atoms with Gasteiger partial charge in [0.05, 0.1) is 18.9 Å². The summed E-state index contributed by atoms with van der Waals surface area (Å²) in [7, 11) is 0. The first-order valence-electron chi connectivity index (χ1n) is 9.13. The minimum Gasteiger partial charge on any atom is -0.480 e. The fourth-order valence-corrected chi connectivity index (χ4v) is 2.65. The fraction of sp³-hybridized carbons (Fsp3) is 0.588. The van der Waals surface area contributed by atoms with Crippen LogP contribution in [0.15, 0.2) is 12.5 Å². The van der Waals surface area contributed by atoms with Crippen molar-refractivity contribution in [3.63, 3.8) is 0 Å². The Hall–Kier alpha value is -2.60. The SMILES string of the molecule is CCC(C)C(NC(=O)CNC(=O)C(N)Cc1cnc[nH]1)C(=O)NC(CS)C(=O)O. The van der Waals surface area contributed by atoms with Gasteiger partial charge < -0.3 is 31.8 Å². The minimum atomic E-state index is -1.22. The molecule has 12 heteroatoms. The van der Waals surface area contributed by atoms with E-state index >= 15 is 0 Å². The van der Waals surface area contributed by atoms with E-state index in [1.165, 1.54) is 6.33 Å². The van der Waals surface area contributed by atoms with Crippen molar-refractivity contribution in [3.8, 4) is 0 Å². The summed E-state index contributed by atoms with van der Waals surface area (Å²) >= 11 is 3.90. The van der Waals surface area contributed by atoms with Gasteiger partial charge in [-0.1, -0.05) is 20.3 Å². The summed E-state index contributed by atoms with van der Waals surface area (Å²) in [5, 5.41) is 16.4. The van der Waals surface area contributed by atoms with Crippen molar-refractivity contribution < 1.29 is 24.3 Å². The highest BCUT2D eigenvalue weighted by molar-refractivity contribution is 7.80. The molecule has 0 aliphatic rings. The third-order valence-corrected chi connectivity index (χ3v) is 4.73. The van der Waals surface area contributed by atoms with E-state index in [4.69, 9.17) is 10.8 Å². The normalized spacial score (nSPS) is 14.9. The van der Waals surface area contributed by atoms with Gasteiger partial charge in [-0.05, 0) is 5.92 Å². The molecule has 3 amide bonds. The number of carboxylic acid groups (broad SMARTS) is 1.